The zero-order chi connectivity index (χ0) is 13.8. The standard InChI is InChI=1S/C13H17NO3S/c1-13(2,3)18(16)14-9-10-6-5-7-11(8-10)12(15)17-4/h5-9H,1-4H3/b14-9+/t18-/m1/s1. The molecule has 1 aromatic carbocycles. The van der Waals surface area contributed by atoms with Crippen LogP contribution in [-0.4, -0.2) is 28.6 Å². The summed E-state index contributed by atoms with van der Waals surface area (Å²) in [6.07, 6.45) is 1.51. The van der Waals surface area contributed by atoms with E-state index in [9.17, 15) is 9.35 Å². The van der Waals surface area contributed by atoms with E-state index in [0.29, 0.717) is 5.56 Å². The first-order valence-corrected chi connectivity index (χ1v) is 6.59. The molecule has 0 saturated carbocycles. The molecule has 0 spiro atoms. The Morgan fingerprint density at radius 2 is 2.11 bits per heavy atom. The van der Waals surface area contributed by atoms with Crippen molar-refractivity contribution < 1.29 is 14.1 Å². The number of carbonyl (C=O) groups is 1. The van der Waals surface area contributed by atoms with Crippen LogP contribution in [0.3, 0.4) is 0 Å². The maximum absolute atomic E-state index is 11.7. The molecule has 0 aliphatic rings. The number of esters is 1. The first kappa shape index (κ1) is 14.7. The van der Waals surface area contributed by atoms with Gasteiger partial charge >= 0.3 is 5.97 Å². The van der Waals surface area contributed by atoms with Crippen LogP contribution >= 0.6 is 0 Å². The maximum atomic E-state index is 11.7. The Morgan fingerprint density at radius 1 is 1.44 bits per heavy atom. The van der Waals surface area contributed by atoms with Crippen LogP contribution in [0.4, 0.5) is 0 Å². The molecule has 0 aromatic heterocycles. The number of nitrogens with zero attached hydrogens (tertiary/aromatic N) is 1. The third-order valence-electron chi connectivity index (χ3n) is 2.13. The van der Waals surface area contributed by atoms with Gasteiger partial charge in [-0.15, -0.1) is 0 Å². The molecule has 0 N–H and O–H groups in total. The highest BCUT2D eigenvalue weighted by atomic mass is 32.2. The van der Waals surface area contributed by atoms with Gasteiger partial charge in [-0.1, -0.05) is 16.5 Å². The van der Waals surface area contributed by atoms with E-state index in [2.05, 4.69) is 9.13 Å². The van der Waals surface area contributed by atoms with Crippen LogP contribution in [0.5, 0.6) is 0 Å². The van der Waals surface area contributed by atoms with Crippen LogP contribution in [0, 0.1) is 0 Å². The quantitative estimate of drug-likeness (QED) is 0.480. The fourth-order valence-corrected chi connectivity index (χ4v) is 1.66. The molecule has 1 rings (SSSR count). The van der Waals surface area contributed by atoms with Crippen LogP contribution in [0.25, 0.3) is 0 Å². The summed E-state index contributed by atoms with van der Waals surface area (Å²) in [4.78, 5) is 11.3. The van der Waals surface area contributed by atoms with Crippen LogP contribution in [0.2, 0.25) is 0 Å². The second-order valence-electron chi connectivity index (χ2n) is 4.71. The molecule has 0 fully saturated rings. The minimum Gasteiger partial charge on any atom is -0.591 e. The summed E-state index contributed by atoms with van der Waals surface area (Å²) in [5.74, 6) is -0.401. The summed E-state index contributed by atoms with van der Waals surface area (Å²) in [6.45, 7) is 5.56. The van der Waals surface area contributed by atoms with Crippen molar-refractivity contribution in [2.24, 2.45) is 4.40 Å². The molecule has 0 unspecified atom stereocenters. The topological polar surface area (TPSA) is 61.7 Å². The molecule has 98 valence electrons. The van der Waals surface area contributed by atoms with Gasteiger partial charge in [-0.2, -0.15) is 0 Å². The molecular formula is C13H17NO3S. The van der Waals surface area contributed by atoms with E-state index in [1.54, 1.807) is 24.3 Å². The number of hydrogen-bond acceptors (Lipinski definition) is 4. The zero-order valence-electron chi connectivity index (χ0n) is 11.0. The number of benzene rings is 1. The summed E-state index contributed by atoms with van der Waals surface area (Å²) in [5, 5.41) is 0. The summed E-state index contributed by atoms with van der Waals surface area (Å²) in [6, 6.07) is 6.82. The van der Waals surface area contributed by atoms with Crippen molar-refractivity contribution in [1.29, 1.82) is 0 Å². The lowest BCUT2D eigenvalue weighted by Gasteiger charge is -2.17. The van der Waals surface area contributed by atoms with Gasteiger partial charge in [0.25, 0.3) is 0 Å². The van der Waals surface area contributed by atoms with Crippen molar-refractivity contribution in [2.45, 2.75) is 25.5 Å². The monoisotopic (exact) mass is 267 g/mol. The van der Waals surface area contributed by atoms with Gasteiger partial charge in [0.1, 0.15) is 16.1 Å². The molecule has 0 aliphatic carbocycles. The van der Waals surface area contributed by atoms with Crippen LogP contribution in [0.15, 0.2) is 28.7 Å². The average molecular weight is 267 g/mol. The number of ether oxygens (including phenoxy) is 1. The highest BCUT2D eigenvalue weighted by Gasteiger charge is 2.25. The molecule has 0 bridgehead atoms. The van der Waals surface area contributed by atoms with Gasteiger partial charge in [0.2, 0.25) is 0 Å². The van der Waals surface area contributed by atoms with E-state index in [1.165, 1.54) is 13.3 Å². The minimum atomic E-state index is -1.30. The van der Waals surface area contributed by atoms with E-state index in [-0.39, 0.29) is 0 Å². The molecular weight excluding hydrogens is 250 g/mol. The minimum absolute atomic E-state index is 0.392. The molecule has 1 atom stereocenters. The lowest BCUT2D eigenvalue weighted by molar-refractivity contribution is 0.0600. The van der Waals surface area contributed by atoms with Crippen molar-refractivity contribution in [1.82, 2.24) is 0 Å². The fraction of sp³-hybridized carbons (Fsp3) is 0.385. The Labute approximate surface area is 110 Å². The van der Waals surface area contributed by atoms with E-state index < -0.39 is 22.1 Å². The van der Waals surface area contributed by atoms with E-state index in [1.807, 2.05) is 20.8 Å². The van der Waals surface area contributed by atoms with Crippen molar-refractivity contribution in [3.8, 4) is 0 Å². The van der Waals surface area contributed by atoms with Gasteiger partial charge in [-0.25, -0.2) is 4.79 Å². The van der Waals surface area contributed by atoms with Gasteiger partial charge in [-0.05, 0) is 38.5 Å². The van der Waals surface area contributed by atoms with E-state index >= 15 is 0 Å². The number of hydrogen-bond donors (Lipinski definition) is 0. The normalized spacial score (nSPS) is 13.6. The number of methoxy groups -OCH3 is 1. The van der Waals surface area contributed by atoms with Crippen molar-refractivity contribution in [2.75, 3.05) is 7.11 Å². The third-order valence-corrected chi connectivity index (χ3v) is 3.47. The van der Waals surface area contributed by atoms with E-state index in [0.717, 1.165) is 5.56 Å². The van der Waals surface area contributed by atoms with Crippen molar-refractivity contribution >= 4 is 23.5 Å². The molecule has 1 aromatic rings. The SMILES string of the molecule is COC(=O)c1cccc(/C=N/[S@+]([O-])C(C)(C)C)c1. The third kappa shape index (κ3) is 4.16. The molecule has 0 aliphatic heterocycles. The molecule has 18 heavy (non-hydrogen) atoms. The molecule has 0 saturated heterocycles. The largest absolute Gasteiger partial charge is 0.591 e. The van der Waals surface area contributed by atoms with Gasteiger partial charge in [0.05, 0.1) is 18.9 Å². The Bertz CT molecular complexity index is 452. The molecule has 0 radical (unpaired) electrons. The van der Waals surface area contributed by atoms with Crippen LogP contribution in [0.1, 0.15) is 36.7 Å². The summed E-state index contributed by atoms with van der Waals surface area (Å²) >= 11 is -1.30. The zero-order valence-corrected chi connectivity index (χ0v) is 11.8. The predicted octanol–water partition coefficient (Wildman–Crippen LogP) is 2.35. The van der Waals surface area contributed by atoms with Gasteiger partial charge in [0.15, 0.2) is 0 Å². The number of rotatable bonds is 3. The molecule has 0 heterocycles. The van der Waals surface area contributed by atoms with E-state index in [4.69, 9.17) is 0 Å². The number of carbonyl (C=O) groups excluding carboxylic acids is 1. The van der Waals surface area contributed by atoms with Crippen molar-refractivity contribution in [3.63, 3.8) is 0 Å². The smallest absolute Gasteiger partial charge is 0.337 e. The summed E-state index contributed by atoms with van der Waals surface area (Å²) in [5.41, 5.74) is 1.17. The van der Waals surface area contributed by atoms with Crippen molar-refractivity contribution in [3.05, 3.63) is 35.4 Å². The Morgan fingerprint density at radius 3 is 2.67 bits per heavy atom. The maximum Gasteiger partial charge on any atom is 0.337 e. The predicted molar refractivity (Wildman–Crippen MR) is 73.3 cm³/mol. The second kappa shape index (κ2) is 6.02. The average Bonchev–Trinajstić information content (AvgIpc) is 2.34. The highest BCUT2D eigenvalue weighted by Crippen LogP contribution is 2.17. The van der Waals surface area contributed by atoms with Gasteiger partial charge < -0.3 is 9.29 Å². The fourth-order valence-electron chi connectivity index (χ4n) is 1.13. The molecule has 4 nitrogen and oxygen atoms in total. The van der Waals surface area contributed by atoms with Gasteiger partial charge in [0, 0.05) is 0 Å². The Kier molecular flexibility index (Phi) is 4.93. The summed E-state index contributed by atoms with van der Waals surface area (Å²) < 4.78 is 20.0. The highest BCUT2D eigenvalue weighted by molar-refractivity contribution is 7.91. The summed E-state index contributed by atoms with van der Waals surface area (Å²) in [7, 11) is 1.33. The molecule has 5 heteroatoms. The lowest BCUT2D eigenvalue weighted by Crippen LogP contribution is -2.25. The van der Waals surface area contributed by atoms with Crippen LogP contribution in [-0.2, 0) is 16.1 Å². The van der Waals surface area contributed by atoms with Gasteiger partial charge in [-0.3, -0.25) is 0 Å². The lowest BCUT2D eigenvalue weighted by atomic mass is 10.1. The first-order valence-electron chi connectivity index (χ1n) is 5.49. The van der Waals surface area contributed by atoms with Crippen LogP contribution < -0.4 is 0 Å². The Hall–Kier alpha value is -1.33. The molecule has 0 amide bonds. The first-order chi connectivity index (χ1) is 8.34. The Balaban J connectivity index is 2.86. The second-order valence-corrected chi connectivity index (χ2v) is 6.65.